The number of piperidine rings is 1. The standard InChI is InChI=1S/C29H37N5O3/c1-5-16-30-28(36)23-8-6-7-9-24(23)31-27(35)21-14-17-34(18-15-21)19-25-32-26(33-37-25)20-10-12-22(13-11-20)29(2,3)4/h6-13,21H,5,14-19H2,1-4H3,(H,30,36)(H,31,35). The molecule has 1 aromatic heterocycles. The van der Waals surface area contributed by atoms with E-state index < -0.39 is 0 Å². The molecule has 196 valence electrons. The molecule has 1 fully saturated rings. The van der Waals surface area contributed by atoms with Crippen LogP contribution in [-0.4, -0.2) is 46.5 Å². The van der Waals surface area contributed by atoms with Crippen LogP contribution in [-0.2, 0) is 16.8 Å². The van der Waals surface area contributed by atoms with Crippen molar-refractivity contribution in [3.8, 4) is 11.4 Å². The lowest BCUT2D eigenvalue weighted by Crippen LogP contribution is -2.38. The number of likely N-dealkylation sites (tertiary alicyclic amines) is 1. The van der Waals surface area contributed by atoms with E-state index >= 15 is 0 Å². The van der Waals surface area contributed by atoms with Gasteiger partial charge in [0.1, 0.15) is 0 Å². The first-order valence-corrected chi connectivity index (χ1v) is 13.1. The average molecular weight is 504 g/mol. The molecule has 2 aromatic carbocycles. The summed E-state index contributed by atoms with van der Waals surface area (Å²) in [6.07, 6.45) is 2.31. The van der Waals surface area contributed by atoms with Crippen LogP contribution in [0.3, 0.4) is 0 Å². The first kappa shape index (κ1) is 26.5. The van der Waals surface area contributed by atoms with Crippen molar-refractivity contribution in [2.75, 3.05) is 25.0 Å². The van der Waals surface area contributed by atoms with E-state index in [0.717, 1.165) is 37.9 Å². The minimum absolute atomic E-state index is 0.0471. The Morgan fingerprint density at radius 2 is 1.76 bits per heavy atom. The van der Waals surface area contributed by atoms with E-state index in [-0.39, 0.29) is 23.1 Å². The minimum Gasteiger partial charge on any atom is -0.352 e. The van der Waals surface area contributed by atoms with Crippen molar-refractivity contribution in [1.29, 1.82) is 0 Å². The molecule has 0 unspecified atom stereocenters. The van der Waals surface area contributed by atoms with Crippen LogP contribution in [0.5, 0.6) is 0 Å². The molecule has 0 saturated carbocycles. The van der Waals surface area contributed by atoms with Gasteiger partial charge in [0, 0.05) is 18.0 Å². The SMILES string of the molecule is CCCNC(=O)c1ccccc1NC(=O)C1CCN(Cc2nc(-c3ccc(C(C)(C)C)cc3)no2)CC1. The Hall–Kier alpha value is -3.52. The number of nitrogens with zero attached hydrogens (tertiary/aromatic N) is 3. The van der Waals surface area contributed by atoms with Gasteiger partial charge in [0.25, 0.3) is 5.91 Å². The smallest absolute Gasteiger partial charge is 0.253 e. The number of hydrogen-bond acceptors (Lipinski definition) is 6. The number of anilines is 1. The number of nitrogens with one attached hydrogen (secondary N) is 2. The summed E-state index contributed by atoms with van der Waals surface area (Å²) in [6, 6.07) is 15.4. The lowest BCUT2D eigenvalue weighted by atomic mass is 9.87. The summed E-state index contributed by atoms with van der Waals surface area (Å²) in [5, 5.41) is 10.0. The van der Waals surface area contributed by atoms with Gasteiger partial charge in [-0.1, -0.05) is 69.2 Å². The van der Waals surface area contributed by atoms with Crippen molar-refractivity contribution in [2.45, 2.75) is 58.9 Å². The fourth-order valence-electron chi connectivity index (χ4n) is 4.46. The molecule has 0 radical (unpaired) electrons. The van der Waals surface area contributed by atoms with Crippen LogP contribution in [0.25, 0.3) is 11.4 Å². The molecule has 1 aliphatic heterocycles. The molecule has 3 aromatic rings. The topological polar surface area (TPSA) is 100 Å². The fraction of sp³-hybridized carbons (Fsp3) is 0.448. The number of carbonyl (C=O) groups excluding carboxylic acids is 2. The van der Waals surface area contributed by atoms with E-state index in [2.05, 4.69) is 58.6 Å². The van der Waals surface area contributed by atoms with Crippen LogP contribution >= 0.6 is 0 Å². The van der Waals surface area contributed by atoms with Gasteiger partial charge in [0.2, 0.25) is 17.6 Å². The monoisotopic (exact) mass is 503 g/mol. The molecule has 37 heavy (non-hydrogen) atoms. The fourth-order valence-corrected chi connectivity index (χ4v) is 4.46. The average Bonchev–Trinajstić information content (AvgIpc) is 3.36. The normalized spacial score (nSPS) is 14.9. The molecule has 0 atom stereocenters. The second-order valence-corrected chi connectivity index (χ2v) is 10.7. The molecule has 2 amide bonds. The first-order chi connectivity index (χ1) is 17.7. The van der Waals surface area contributed by atoms with Crippen molar-refractivity contribution < 1.29 is 14.1 Å². The van der Waals surface area contributed by atoms with E-state index in [9.17, 15) is 9.59 Å². The molecule has 0 spiro atoms. The highest BCUT2D eigenvalue weighted by Crippen LogP contribution is 2.26. The molecule has 0 bridgehead atoms. The quantitative estimate of drug-likeness (QED) is 0.447. The second kappa shape index (κ2) is 11.7. The zero-order chi connectivity index (χ0) is 26.4. The summed E-state index contributed by atoms with van der Waals surface area (Å²) in [7, 11) is 0. The molecule has 4 rings (SSSR count). The van der Waals surface area contributed by atoms with Crippen molar-refractivity contribution >= 4 is 17.5 Å². The Balaban J connectivity index is 1.29. The first-order valence-electron chi connectivity index (χ1n) is 13.1. The summed E-state index contributed by atoms with van der Waals surface area (Å²) in [5.74, 6) is 0.838. The lowest BCUT2D eigenvalue weighted by Gasteiger charge is -2.30. The Kier molecular flexibility index (Phi) is 8.38. The molecule has 1 saturated heterocycles. The zero-order valence-corrected chi connectivity index (χ0v) is 22.2. The van der Waals surface area contributed by atoms with Crippen LogP contribution in [0.1, 0.15) is 68.8 Å². The van der Waals surface area contributed by atoms with Crippen molar-refractivity contribution in [3.63, 3.8) is 0 Å². The third kappa shape index (κ3) is 6.83. The van der Waals surface area contributed by atoms with Crippen molar-refractivity contribution in [2.24, 2.45) is 5.92 Å². The van der Waals surface area contributed by atoms with Gasteiger partial charge in [-0.25, -0.2) is 0 Å². The van der Waals surface area contributed by atoms with Crippen LogP contribution in [0.2, 0.25) is 0 Å². The van der Waals surface area contributed by atoms with E-state index in [1.54, 1.807) is 18.2 Å². The van der Waals surface area contributed by atoms with Gasteiger partial charge in [0.05, 0.1) is 17.8 Å². The highest BCUT2D eigenvalue weighted by Gasteiger charge is 2.27. The van der Waals surface area contributed by atoms with E-state index in [1.807, 2.05) is 25.1 Å². The molecular formula is C29H37N5O3. The van der Waals surface area contributed by atoms with Gasteiger partial charge in [-0.3, -0.25) is 14.5 Å². The lowest BCUT2D eigenvalue weighted by molar-refractivity contribution is -0.121. The molecule has 2 heterocycles. The van der Waals surface area contributed by atoms with Gasteiger partial charge in [-0.05, 0) is 55.5 Å². The maximum atomic E-state index is 13.0. The molecular weight excluding hydrogens is 466 g/mol. The summed E-state index contributed by atoms with van der Waals surface area (Å²) in [6.45, 7) is 11.2. The van der Waals surface area contributed by atoms with Crippen molar-refractivity contribution in [3.05, 3.63) is 65.5 Å². The third-order valence-electron chi connectivity index (χ3n) is 6.76. The number of rotatable bonds is 8. The Bertz CT molecular complexity index is 1200. The second-order valence-electron chi connectivity index (χ2n) is 10.7. The van der Waals surface area contributed by atoms with E-state index in [0.29, 0.717) is 36.1 Å². The molecule has 1 aliphatic rings. The number of carbonyl (C=O) groups is 2. The largest absolute Gasteiger partial charge is 0.352 e. The molecule has 2 N–H and O–H groups in total. The third-order valence-corrected chi connectivity index (χ3v) is 6.76. The number of aromatic nitrogens is 2. The molecule has 0 aliphatic carbocycles. The Labute approximate surface area is 218 Å². The number of benzene rings is 2. The molecule has 8 nitrogen and oxygen atoms in total. The Morgan fingerprint density at radius 1 is 1.05 bits per heavy atom. The highest BCUT2D eigenvalue weighted by molar-refractivity contribution is 6.04. The summed E-state index contributed by atoms with van der Waals surface area (Å²) >= 11 is 0. The predicted molar refractivity (Wildman–Crippen MR) is 144 cm³/mol. The van der Waals surface area contributed by atoms with Crippen molar-refractivity contribution in [1.82, 2.24) is 20.4 Å². The maximum absolute atomic E-state index is 13.0. The highest BCUT2D eigenvalue weighted by atomic mass is 16.5. The van der Waals surface area contributed by atoms with E-state index in [4.69, 9.17) is 4.52 Å². The minimum atomic E-state index is -0.170. The number of hydrogen-bond donors (Lipinski definition) is 2. The van der Waals surface area contributed by atoms with Gasteiger partial charge in [0.15, 0.2) is 0 Å². The molecule has 8 heteroatoms. The van der Waals surface area contributed by atoms with Gasteiger partial charge < -0.3 is 15.2 Å². The predicted octanol–water partition coefficient (Wildman–Crippen LogP) is 5.02. The van der Waals surface area contributed by atoms with Gasteiger partial charge >= 0.3 is 0 Å². The summed E-state index contributed by atoms with van der Waals surface area (Å²) in [5.41, 5.74) is 3.33. The van der Waals surface area contributed by atoms with Gasteiger partial charge in [-0.15, -0.1) is 0 Å². The van der Waals surface area contributed by atoms with E-state index in [1.165, 1.54) is 5.56 Å². The van der Waals surface area contributed by atoms with Crippen LogP contribution in [0.15, 0.2) is 53.1 Å². The van der Waals surface area contributed by atoms with Crippen LogP contribution in [0.4, 0.5) is 5.69 Å². The van der Waals surface area contributed by atoms with Gasteiger partial charge in [-0.2, -0.15) is 4.98 Å². The number of para-hydroxylation sites is 1. The van der Waals surface area contributed by atoms with Crippen LogP contribution < -0.4 is 10.6 Å². The summed E-state index contributed by atoms with van der Waals surface area (Å²) in [4.78, 5) is 32.2. The number of amides is 2. The summed E-state index contributed by atoms with van der Waals surface area (Å²) < 4.78 is 5.52. The zero-order valence-electron chi connectivity index (χ0n) is 22.2. The Morgan fingerprint density at radius 3 is 2.43 bits per heavy atom. The maximum Gasteiger partial charge on any atom is 0.253 e. The van der Waals surface area contributed by atoms with Crippen LogP contribution in [0, 0.1) is 5.92 Å².